The van der Waals surface area contributed by atoms with Gasteiger partial charge < -0.3 is 9.72 Å². The van der Waals surface area contributed by atoms with Gasteiger partial charge in [0, 0.05) is 48.2 Å². The van der Waals surface area contributed by atoms with E-state index in [2.05, 4.69) is 85.0 Å². The molecule has 30 heavy (non-hydrogen) atoms. The van der Waals surface area contributed by atoms with Gasteiger partial charge in [-0.05, 0) is 55.9 Å². The molecule has 3 aromatic heterocycles. The van der Waals surface area contributed by atoms with Gasteiger partial charge in [0.15, 0.2) is 5.65 Å². The third-order valence-electron chi connectivity index (χ3n) is 5.81. The number of aromatic nitrogens is 3. The Morgan fingerprint density at radius 3 is 2.50 bits per heavy atom. The summed E-state index contributed by atoms with van der Waals surface area (Å²) in [7, 11) is 0. The van der Waals surface area contributed by atoms with Crippen molar-refractivity contribution in [2.75, 3.05) is 11.9 Å². The Bertz CT molecular complexity index is 1140. The van der Waals surface area contributed by atoms with Crippen molar-refractivity contribution in [1.29, 1.82) is 0 Å². The number of hydrogen-bond acceptors (Lipinski definition) is 3. The molecule has 0 aliphatic rings. The van der Waals surface area contributed by atoms with E-state index in [9.17, 15) is 0 Å². The van der Waals surface area contributed by atoms with Crippen LogP contribution < -0.4 is 5.32 Å². The third-order valence-corrected chi connectivity index (χ3v) is 5.81. The van der Waals surface area contributed by atoms with E-state index in [1.165, 1.54) is 16.8 Å². The minimum Gasteiger partial charge on any atom is -0.382 e. The summed E-state index contributed by atoms with van der Waals surface area (Å²) in [5, 5.41) is 3.64. The van der Waals surface area contributed by atoms with Gasteiger partial charge in [0.1, 0.15) is 0 Å². The normalized spacial score (nSPS) is 12.3. The number of rotatable bonds is 7. The van der Waals surface area contributed by atoms with Crippen molar-refractivity contribution in [3.8, 4) is 11.1 Å². The van der Waals surface area contributed by atoms with E-state index in [-0.39, 0.29) is 0 Å². The summed E-state index contributed by atoms with van der Waals surface area (Å²) in [5.41, 5.74) is 9.37. The van der Waals surface area contributed by atoms with Crippen LogP contribution in [0.15, 0.2) is 61.2 Å². The number of nitrogens with zero attached hydrogens (tertiary/aromatic N) is 3. The van der Waals surface area contributed by atoms with Gasteiger partial charge in [-0.3, -0.25) is 4.98 Å². The Kier molecular flexibility index (Phi) is 5.84. The number of nitrogens with one attached hydrogen (secondary N) is 1. The van der Waals surface area contributed by atoms with Gasteiger partial charge in [-0.2, -0.15) is 0 Å². The molecule has 1 N–H and O–H groups in total. The number of hydrogen-bond donors (Lipinski definition) is 1. The zero-order valence-corrected chi connectivity index (χ0v) is 18.3. The van der Waals surface area contributed by atoms with Crippen molar-refractivity contribution in [1.82, 2.24) is 14.4 Å². The van der Waals surface area contributed by atoms with E-state index in [0.717, 1.165) is 47.4 Å². The first-order valence-corrected chi connectivity index (χ1v) is 10.8. The Morgan fingerprint density at radius 2 is 1.77 bits per heavy atom. The van der Waals surface area contributed by atoms with Gasteiger partial charge in [0.25, 0.3) is 0 Å². The lowest BCUT2D eigenvalue weighted by Gasteiger charge is -2.14. The molecule has 0 aliphatic carbocycles. The molecule has 4 nitrogen and oxygen atoms in total. The van der Waals surface area contributed by atoms with Crippen molar-refractivity contribution in [3.63, 3.8) is 0 Å². The molecule has 0 saturated heterocycles. The molecule has 0 spiro atoms. The zero-order valence-electron chi connectivity index (χ0n) is 18.3. The third kappa shape index (κ3) is 4.23. The standard InChI is InChI=1S/C26H30N4/c1-5-20(4)25-16-29-26-24(28-11-10-21-8-6-18(2)7-9-21)13-23(17-30(25)26)22-12-19(3)14-27-15-22/h6-9,12-17,20,28H,5,10-11H2,1-4H3. The van der Waals surface area contributed by atoms with Crippen LogP contribution in [-0.2, 0) is 6.42 Å². The fourth-order valence-electron chi connectivity index (χ4n) is 3.78. The molecule has 1 aromatic carbocycles. The lowest BCUT2D eigenvalue weighted by Crippen LogP contribution is -2.07. The predicted octanol–water partition coefficient (Wildman–Crippen LogP) is 6.18. The first-order valence-electron chi connectivity index (χ1n) is 10.8. The highest BCUT2D eigenvalue weighted by Gasteiger charge is 2.14. The largest absolute Gasteiger partial charge is 0.382 e. The number of benzene rings is 1. The van der Waals surface area contributed by atoms with Crippen LogP contribution >= 0.6 is 0 Å². The van der Waals surface area contributed by atoms with Gasteiger partial charge in [0.05, 0.1) is 5.69 Å². The average molecular weight is 399 g/mol. The highest BCUT2D eigenvalue weighted by Crippen LogP contribution is 2.29. The molecule has 3 heterocycles. The molecule has 0 saturated carbocycles. The minimum atomic E-state index is 0.450. The summed E-state index contributed by atoms with van der Waals surface area (Å²) in [4.78, 5) is 9.16. The average Bonchev–Trinajstić information content (AvgIpc) is 3.19. The van der Waals surface area contributed by atoms with Crippen LogP contribution in [0.25, 0.3) is 16.8 Å². The summed E-state index contributed by atoms with van der Waals surface area (Å²) in [6.45, 7) is 9.54. The Balaban J connectivity index is 1.69. The molecule has 4 rings (SSSR count). The highest BCUT2D eigenvalue weighted by atomic mass is 15.0. The van der Waals surface area contributed by atoms with Gasteiger partial charge >= 0.3 is 0 Å². The second-order valence-electron chi connectivity index (χ2n) is 8.24. The van der Waals surface area contributed by atoms with E-state index < -0.39 is 0 Å². The SMILES string of the molecule is CCC(C)c1cnc2c(NCCc3ccc(C)cc3)cc(-c3cncc(C)c3)cn12. The van der Waals surface area contributed by atoms with Crippen molar-refractivity contribution >= 4 is 11.3 Å². The fraction of sp³-hybridized carbons (Fsp3) is 0.308. The molecule has 4 aromatic rings. The van der Waals surface area contributed by atoms with Gasteiger partial charge in [-0.1, -0.05) is 43.7 Å². The van der Waals surface area contributed by atoms with Gasteiger partial charge in [-0.25, -0.2) is 4.98 Å². The minimum absolute atomic E-state index is 0.450. The van der Waals surface area contributed by atoms with Crippen molar-refractivity contribution in [2.45, 2.75) is 46.5 Å². The number of aryl methyl sites for hydroxylation is 2. The van der Waals surface area contributed by atoms with E-state index in [1.807, 2.05) is 18.6 Å². The molecule has 0 amide bonds. The van der Waals surface area contributed by atoms with Crippen LogP contribution in [-0.4, -0.2) is 20.9 Å². The maximum Gasteiger partial charge on any atom is 0.160 e. The first-order chi connectivity index (χ1) is 14.5. The monoisotopic (exact) mass is 398 g/mol. The molecule has 0 radical (unpaired) electrons. The van der Waals surface area contributed by atoms with Crippen molar-refractivity contribution in [2.24, 2.45) is 0 Å². The predicted molar refractivity (Wildman–Crippen MR) is 125 cm³/mol. The van der Waals surface area contributed by atoms with Crippen molar-refractivity contribution < 1.29 is 0 Å². The molecule has 154 valence electrons. The highest BCUT2D eigenvalue weighted by molar-refractivity contribution is 5.76. The number of pyridine rings is 2. The maximum atomic E-state index is 4.76. The molecule has 1 unspecified atom stereocenters. The first kappa shape index (κ1) is 20.1. The lowest BCUT2D eigenvalue weighted by atomic mass is 10.1. The Morgan fingerprint density at radius 1 is 0.967 bits per heavy atom. The van der Waals surface area contributed by atoms with Crippen LogP contribution in [0.3, 0.4) is 0 Å². The molecular formula is C26H30N4. The number of imidazole rings is 1. The zero-order chi connectivity index (χ0) is 21.1. The van der Waals surface area contributed by atoms with Crippen LogP contribution in [0, 0.1) is 13.8 Å². The summed E-state index contributed by atoms with van der Waals surface area (Å²) >= 11 is 0. The van der Waals surface area contributed by atoms with Crippen LogP contribution in [0.5, 0.6) is 0 Å². The summed E-state index contributed by atoms with van der Waals surface area (Å²) in [5.74, 6) is 0.450. The summed E-state index contributed by atoms with van der Waals surface area (Å²) in [6, 6.07) is 13.1. The lowest BCUT2D eigenvalue weighted by molar-refractivity contribution is 0.701. The molecule has 0 aliphatic heterocycles. The van der Waals surface area contributed by atoms with Gasteiger partial charge in [-0.15, -0.1) is 0 Å². The smallest absolute Gasteiger partial charge is 0.160 e. The molecule has 0 fully saturated rings. The van der Waals surface area contributed by atoms with Crippen molar-refractivity contribution in [3.05, 3.63) is 83.6 Å². The maximum absolute atomic E-state index is 4.76. The second kappa shape index (κ2) is 8.70. The van der Waals surface area contributed by atoms with Crippen LogP contribution in [0.1, 0.15) is 48.6 Å². The number of anilines is 1. The topological polar surface area (TPSA) is 42.2 Å². The quantitative estimate of drug-likeness (QED) is 0.404. The Labute approximate surface area is 179 Å². The van der Waals surface area contributed by atoms with E-state index in [1.54, 1.807) is 0 Å². The molecular weight excluding hydrogens is 368 g/mol. The number of fused-ring (bicyclic) bond motifs is 1. The second-order valence-corrected chi connectivity index (χ2v) is 8.24. The summed E-state index contributed by atoms with van der Waals surface area (Å²) in [6.07, 6.45) is 10.1. The summed E-state index contributed by atoms with van der Waals surface area (Å²) < 4.78 is 2.25. The molecule has 0 bridgehead atoms. The molecule has 1 atom stereocenters. The fourth-order valence-corrected chi connectivity index (χ4v) is 3.78. The van der Waals surface area contributed by atoms with E-state index in [4.69, 9.17) is 4.98 Å². The Hall–Kier alpha value is -3.14. The van der Waals surface area contributed by atoms with Gasteiger partial charge in [0.2, 0.25) is 0 Å². The van der Waals surface area contributed by atoms with Crippen LogP contribution in [0.2, 0.25) is 0 Å². The van der Waals surface area contributed by atoms with Crippen LogP contribution in [0.4, 0.5) is 5.69 Å². The van der Waals surface area contributed by atoms with E-state index >= 15 is 0 Å². The van der Waals surface area contributed by atoms with E-state index in [0.29, 0.717) is 5.92 Å². The molecule has 4 heteroatoms.